The minimum Gasteiger partial charge on any atom is -0.493 e. The van der Waals surface area contributed by atoms with E-state index in [0.29, 0.717) is 22.1 Å². The molecule has 3 aromatic rings. The SMILES string of the molecule is CCOC(=O)C1=C(C(F)(F)F)N=c2s/c(=C\c3cccc(OC)c3OC)c(=O)n2[C@@H]1c1ccc(Cl)cc1. The molecular formula is C25H20ClF3N2O5S. The van der Waals surface area contributed by atoms with Gasteiger partial charge in [-0.2, -0.15) is 13.2 Å². The Morgan fingerprint density at radius 2 is 1.86 bits per heavy atom. The van der Waals surface area contributed by atoms with Crippen molar-refractivity contribution in [1.82, 2.24) is 4.57 Å². The number of thiazole rings is 1. The molecule has 2 heterocycles. The summed E-state index contributed by atoms with van der Waals surface area (Å²) in [7, 11) is 2.88. The van der Waals surface area contributed by atoms with Crippen LogP contribution < -0.4 is 24.4 Å². The average molecular weight is 553 g/mol. The third kappa shape index (κ3) is 5.01. The van der Waals surface area contributed by atoms with Crippen LogP contribution in [0.15, 0.2) is 63.5 Å². The van der Waals surface area contributed by atoms with Gasteiger partial charge in [0.2, 0.25) is 0 Å². The van der Waals surface area contributed by atoms with Crippen molar-refractivity contribution in [3.8, 4) is 11.5 Å². The van der Waals surface area contributed by atoms with Gasteiger partial charge >= 0.3 is 12.1 Å². The van der Waals surface area contributed by atoms with E-state index in [1.165, 1.54) is 51.5 Å². The van der Waals surface area contributed by atoms with Crippen LogP contribution in [0.3, 0.4) is 0 Å². The number of hydrogen-bond acceptors (Lipinski definition) is 7. The number of hydrogen-bond donors (Lipinski definition) is 0. The smallest absolute Gasteiger partial charge is 0.434 e. The van der Waals surface area contributed by atoms with Gasteiger partial charge in [-0.25, -0.2) is 9.79 Å². The second kappa shape index (κ2) is 10.4. The summed E-state index contributed by atoms with van der Waals surface area (Å²) in [6.45, 7) is 1.31. The fourth-order valence-electron chi connectivity index (χ4n) is 3.97. The molecule has 0 unspecified atom stereocenters. The molecule has 37 heavy (non-hydrogen) atoms. The van der Waals surface area contributed by atoms with Crippen LogP contribution in [0, 0.1) is 0 Å². The molecule has 1 aromatic heterocycles. The molecule has 0 saturated carbocycles. The Hall–Kier alpha value is -3.57. The number of alkyl halides is 3. The third-order valence-corrected chi connectivity index (χ3v) is 6.74. The number of aromatic nitrogens is 1. The highest BCUT2D eigenvalue weighted by atomic mass is 35.5. The van der Waals surface area contributed by atoms with Crippen LogP contribution in [0.25, 0.3) is 6.08 Å². The molecule has 0 spiro atoms. The number of fused-ring (bicyclic) bond motifs is 1. The number of nitrogens with zero attached hydrogens (tertiary/aromatic N) is 2. The van der Waals surface area contributed by atoms with Gasteiger partial charge in [-0.05, 0) is 36.8 Å². The maximum absolute atomic E-state index is 14.2. The highest BCUT2D eigenvalue weighted by Crippen LogP contribution is 2.38. The summed E-state index contributed by atoms with van der Waals surface area (Å²) >= 11 is 6.74. The number of allylic oxidation sites excluding steroid dienone is 1. The fourth-order valence-corrected chi connectivity index (χ4v) is 5.09. The number of carbonyl (C=O) groups is 1. The Kier molecular flexibility index (Phi) is 7.47. The largest absolute Gasteiger partial charge is 0.493 e. The van der Waals surface area contributed by atoms with Crippen LogP contribution in [-0.2, 0) is 9.53 Å². The summed E-state index contributed by atoms with van der Waals surface area (Å²) in [6, 6.07) is 9.40. The predicted molar refractivity (Wildman–Crippen MR) is 132 cm³/mol. The zero-order chi connectivity index (χ0) is 26.9. The monoisotopic (exact) mass is 552 g/mol. The van der Waals surface area contributed by atoms with E-state index in [9.17, 15) is 22.8 Å². The molecule has 0 saturated heterocycles. The van der Waals surface area contributed by atoms with Crippen LogP contribution in [0.4, 0.5) is 13.2 Å². The topological polar surface area (TPSA) is 79.1 Å². The molecule has 1 aliphatic heterocycles. The van der Waals surface area contributed by atoms with Crippen molar-refractivity contribution >= 4 is 35.0 Å². The number of rotatable bonds is 6. The van der Waals surface area contributed by atoms with Crippen LogP contribution >= 0.6 is 22.9 Å². The minimum atomic E-state index is -4.99. The minimum absolute atomic E-state index is 0.0795. The maximum Gasteiger partial charge on any atom is 0.434 e. The molecule has 0 amide bonds. The molecular weight excluding hydrogens is 533 g/mol. The predicted octanol–water partition coefficient (Wildman–Crippen LogP) is 4.01. The van der Waals surface area contributed by atoms with Gasteiger partial charge in [0, 0.05) is 10.6 Å². The highest BCUT2D eigenvalue weighted by molar-refractivity contribution is 7.07. The molecule has 1 atom stereocenters. The Balaban J connectivity index is 2.06. The first-order valence-electron chi connectivity index (χ1n) is 10.9. The maximum atomic E-state index is 14.2. The molecule has 4 rings (SSSR count). The molecule has 12 heteroatoms. The van der Waals surface area contributed by atoms with E-state index < -0.39 is 35.0 Å². The molecule has 0 fully saturated rings. The lowest BCUT2D eigenvalue weighted by Gasteiger charge is -2.26. The normalized spacial score (nSPS) is 15.8. The van der Waals surface area contributed by atoms with Gasteiger partial charge < -0.3 is 14.2 Å². The van der Waals surface area contributed by atoms with E-state index in [4.69, 9.17) is 25.8 Å². The van der Waals surface area contributed by atoms with Gasteiger partial charge in [-0.1, -0.05) is 47.2 Å². The second-order valence-corrected chi connectivity index (χ2v) is 9.14. The van der Waals surface area contributed by atoms with Gasteiger partial charge in [0.15, 0.2) is 22.0 Å². The lowest BCUT2D eigenvalue weighted by Crippen LogP contribution is -2.41. The molecule has 0 aliphatic carbocycles. The Labute approximate surface area is 217 Å². The van der Waals surface area contributed by atoms with Crippen molar-refractivity contribution in [3.63, 3.8) is 0 Å². The number of benzene rings is 2. The number of halogens is 4. The van der Waals surface area contributed by atoms with Gasteiger partial charge in [-0.3, -0.25) is 9.36 Å². The van der Waals surface area contributed by atoms with E-state index in [-0.39, 0.29) is 21.5 Å². The quantitative estimate of drug-likeness (QED) is 0.432. The lowest BCUT2D eigenvalue weighted by atomic mass is 9.95. The van der Waals surface area contributed by atoms with Crippen LogP contribution in [0.1, 0.15) is 24.1 Å². The summed E-state index contributed by atoms with van der Waals surface area (Å²) < 4.78 is 59.3. The van der Waals surface area contributed by atoms with Crippen LogP contribution in [0.5, 0.6) is 11.5 Å². The number of methoxy groups -OCH3 is 2. The second-order valence-electron chi connectivity index (χ2n) is 7.70. The first-order valence-corrected chi connectivity index (χ1v) is 12.1. The molecule has 7 nitrogen and oxygen atoms in total. The highest BCUT2D eigenvalue weighted by Gasteiger charge is 2.45. The molecule has 0 N–H and O–H groups in total. The molecule has 0 radical (unpaired) electrons. The molecule has 0 bridgehead atoms. The van der Waals surface area contributed by atoms with Crippen molar-refractivity contribution in [2.45, 2.75) is 19.1 Å². The summed E-state index contributed by atoms with van der Waals surface area (Å²) in [5.41, 5.74) is -2.14. The van der Waals surface area contributed by atoms with Crippen molar-refractivity contribution in [1.29, 1.82) is 0 Å². The summed E-state index contributed by atoms with van der Waals surface area (Å²) in [6.07, 6.45) is -3.51. The Morgan fingerprint density at radius 3 is 2.46 bits per heavy atom. The van der Waals surface area contributed by atoms with E-state index >= 15 is 0 Å². The third-order valence-electron chi connectivity index (χ3n) is 5.50. The number of esters is 1. The Bertz CT molecular complexity index is 1560. The fraction of sp³-hybridized carbons (Fsp3) is 0.240. The number of ether oxygens (including phenoxy) is 3. The van der Waals surface area contributed by atoms with E-state index in [1.54, 1.807) is 18.2 Å². The first-order chi connectivity index (χ1) is 17.6. The van der Waals surface area contributed by atoms with Crippen molar-refractivity contribution in [2.24, 2.45) is 4.99 Å². The number of carbonyl (C=O) groups excluding carboxylic acids is 1. The average Bonchev–Trinajstić information content (AvgIpc) is 3.17. The number of para-hydroxylation sites is 1. The standard InChI is InChI=1S/C25H20ClF3N2O5S/c1-4-36-23(33)18-19(13-8-10-15(26)11-9-13)31-22(32)17(37-24(31)30-21(18)25(27,28)29)12-14-6-5-7-16(34-2)20(14)35-3/h5-12,19H,4H2,1-3H3/b17-12-/t19-/m1/s1. The van der Waals surface area contributed by atoms with Gasteiger partial charge in [0.25, 0.3) is 5.56 Å². The molecule has 1 aliphatic rings. The zero-order valence-corrected chi connectivity index (χ0v) is 21.3. The van der Waals surface area contributed by atoms with Crippen LogP contribution in [-0.4, -0.2) is 37.5 Å². The lowest BCUT2D eigenvalue weighted by molar-refractivity contribution is -0.140. The van der Waals surface area contributed by atoms with Crippen molar-refractivity contribution in [3.05, 3.63) is 89.6 Å². The van der Waals surface area contributed by atoms with E-state index in [0.717, 1.165) is 15.9 Å². The summed E-state index contributed by atoms with van der Waals surface area (Å²) in [4.78, 5) is 30.0. The zero-order valence-electron chi connectivity index (χ0n) is 19.8. The first kappa shape index (κ1) is 26.5. The van der Waals surface area contributed by atoms with Crippen molar-refractivity contribution in [2.75, 3.05) is 20.8 Å². The van der Waals surface area contributed by atoms with Crippen molar-refractivity contribution < 1.29 is 32.2 Å². The summed E-state index contributed by atoms with van der Waals surface area (Å²) in [5.74, 6) is -0.470. The van der Waals surface area contributed by atoms with Gasteiger partial charge in [0.05, 0.1) is 37.0 Å². The Morgan fingerprint density at radius 1 is 1.16 bits per heavy atom. The van der Waals surface area contributed by atoms with E-state index in [2.05, 4.69) is 4.99 Å². The molecule has 194 valence electrons. The van der Waals surface area contributed by atoms with Gasteiger partial charge in [-0.15, -0.1) is 0 Å². The van der Waals surface area contributed by atoms with Crippen LogP contribution in [0.2, 0.25) is 5.02 Å². The van der Waals surface area contributed by atoms with Gasteiger partial charge in [0.1, 0.15) is 0 Å². The molecule has 2 aromatic carbocycles. The summed E-state index contributed by atoms with van der Waals surface area (Å²) in [5, 5.41) is 0.332. The van der Waals surface area contributed by atoms with E-state index in [1.807, 2.05) is 0 Å².